The van der Waals surface area contributed by atoms with Gasteiger partial charge in [0.05, 0.1) is 19.8 Å². The van der Waals surface area contributed by atoms with Gasteiger partial charge in [-0.05, 0) is 44.4 Å². The first-order chi connectivity index (χ1) is 9.80. The molecular weight excluding hydrogens is 254 g/mol. The zero-order valence-corrected chi connectivity index (χ0v) is 12.9. The van der Waals surface area contributed by atoms with Crippen molar-refractivity contribution in [2.75, 3.05) is 33.0 Å². The van der Waals surface area contributed by atoms with E-state index in [1.165, 1.54) is 25.7 Å². The van der Waals surface area contributed by atoms with Crippen LogP contribution in [0, 0.1) is 5.92 Å². The predicted molar refractivity (Wildman–Crippen MR) is 79.9 cm³/mol. The molecule has 2 atom stereocenters. The van der Waals surface area contributed by atoms with Crippen LogP contribution in [0.1, 0.15) is 51.9 Å². The second-order valence-corrected chi connectivity index (χ2v) is 6.34. The summed E-state index contributed by atoms with van der Waals surface area (Å²) in [7, 11) is 0. The minimum Gasteiger partial charge on any atom is -0.394 e. The van der Waals surface area contributed by atoms with E-state index in [0.29, 0.717) is 25.2 Å². The van der Waals surface area contributed by atoms with Gasteiger partial charge in [0.1, 0.15) is 0 Å². The molecule has 0 heterocycles. The maximum atomic E-state index is 9.84. The van der Waals surface area contributed by atoms with Gasteiger partial charge in [0.2, 0.25) is 0 Å². The van der Waals surface area contributed by atoms with E-state index in [4.69, 9.17) is 9.47 Å². The Labute approximate surface area is 123 Å². The summed E-state index contributed by atoms with van der Waals surface area (Å²) in [4.78, 5) is 0. The van der Waals surface area contributed by atoms with Crippen LogP contribution in [-0.4, -0.2) is 49.7 Å². The van der Waals surface area contributed by atoms with Crippen LogP contribution in [0.4, 0.5) is 0 Å². The van der Waals surface area contributed by atoms with Crippen molar-refractivity contribution in [1.29, 1.82) is 0 Å². The molecule has 0 spiro atoms. The van der Waals surface area contributed by atoms with E-state index in [1.807, 2.05) is 0 Å². The summed E-state index contributed by atoms with van der Waals surface area (Å²) in [5.74, 6) is 0.560. The first-order valence-electron chi connectivity index (χ1n) is 8.35. The van der Waals surface area contributed by atoms with Crippen LogP contribution >= 0.6 is 0 Å². The highest BCUT2D eigenvalue weighted by Crippen LogP contribution is 2.40. The standard InChI is InChI=1S/C16H31NO3/c1-2-9-19-11-12-20-10-7-14-4-3-8-16(14,13-18)17-15-5-6-15/h14-15,17-18H,2-13H2,1H3. The minimum atomic E-state index is -0.0246. The summed E-state index contributed by atoms with van der Waals surface area (Å²) in [5, 5.41) is 13.5. The van der Waals surface area contributed by atoms with Crippen molar-refractivity contribution in [2.45, 2.75) is 63.5 Å². The normalized spacial score (nSPS) is 30.0. The van der Waals surface area contributed by atoms with Gasteiger partial charge in [0.15, 0.2) is 0 Å². The molecule has 0 amide bonds. The van der Waals surface area contributed by atoms with E-state index >= 15 is 0 Å². The quantitative estimate of drug-likeness (QED) is 0.571. The smallest absolute Gasteiger partial charge is 0.0700 e. The Balaban J connectivity index is 1.63. The Morgan fingerprint density at radius 2 is 1.85 bits per heavy atom. The Bertz CT molecular complexity index is 270. The Morgan fingerprint density at radius 1 is 1.10 bits per heavy atom. The molecule has 118 valence electrons. The van der Waals surface area contributed by atoms with Crippen molar-refractivity contribution in [3.63, 3.8) is 0 Å². The van der Waals surface area contributed by atoms with Gasteiger partial charge < -0.3 is 19.9 Å². The lowest BCUT2D eigenvalue weighted by Gasteiger charge is -2.35. The number of hydrogen-bond acceptors (Lipinski definition) is 4. The fraction of sp³-hybridized carbons (Fsp3) is 1.00. The zero-order valence-electron chi connectivity index (χ0n) is 12.9. The SMILES string of the molecule is CCCOCCOCCC1CCCC1(CO)NC1CC1. The van der Waals surface area contributed by atoms with Crippen LogP contribution in [0.25, 0.3) is 0 Å². The molecule has 20 heavy (non-hydrogen) atoms. The van der Waals surface area contributed by atoms with Gasteiger partial charge in [-0.25, -0.2) is 0 Å². The Hall–Kier alpha value is -0.160. The molecule has 2 saturated carbocycles. The largest absolute Gasteiger partial charge is 0.394 e. The summed E-state index contributed by atoms with van der Waals surface area (Å²) in [5.41, 5.74) is -0.0246. The van der Waals surface area contributed by atoms with Crippen molar-refractivity contribution in [3.8, 4) is 0 Å². The van der Waals surface area contributed by atoms with Crippen molar-refractivity contribution < 1.29 is 14.6 Å². The zero-order chi connectivity index (χ0) is 14.3. The second kappa shape index (κ2) is 8.32. The molecule has 2 aliphatic carbocycles. The fourth-order valence-corrected chi connectivity index (χ4v) is 3.33. The molecule has 4 heteroatoms. The number of nitrogens with one attached hydrogen (secondary N) is 1. The maximum Gasteiger partial charge on any atom is 0.0700 e. The molecule has 2 rings (SSSR count). The van der Waals surface area contributed by atoms with E-state index in [9.17, 15) is 5.11 Å². The summed E-state index contributed by atoms with van der Waals surface area (Å²) >= 11 is 0. The molecule has 2 aliphatic rings. The first kappa shape index (κ1) is 16.2. The summed E-state index contributed by atoms with van der Waals surface area (Å²) in [6.45, 7) is 5.38. The molecule has 0 saturated heterocycles. The highest BCUT2D eigenvalue weighted by Gasteiger charge is 2.44. The maximum absolute atomic E-state index is 9.84. The molecule has 0 aromatic carbocycles. The van der Waals surface area contributed by atoms with Crippen molar-refractivity contribution in [1.82, 2.24) is 5.32 Å². The van der Waals surface area contributed by atoms with Gasteiger partial charge in [-0.2, -0.15) is 0 Å². The lowest BCUT2D eigenvalue weighted by atomic mass is 9.85. The lowest BCUT2D eigenvalue weighted by molar-refractivity contribution is 0.0340. The van der Waals surface area contributed by atoms with E-state index < -0.39 is 0 Å². The van der Waals surface area contributed by atoms with E-state index in [2.05, 4.69) is 12.2 Å². The van der Waals surface area contributed by atoms with Crippen molar-refractivity contribution in [2.24, 2.45) is 5.92 Å². The third-order valence-electron chi connectivity index (χ3n) is 4.64. The number of hydrogen-bond donors (Lipinski definition) is 2. The monoisotopic (exact) mass is 285 g/mol. The van der Waals surface area contributed by atoms with Crippen molar-refractivity contribution >= 4 is 0 Å². The number of aliphatic hydroxyl groups is 1. The van der Waals surface area contributed by atoms with Gasteiger partial charge in [0, 0.05) is 24.8 Å². The third-order valence-corrected chi connectivity index (χ3v) is 4.64. The average Bonchev–Trinajstić information content (AvgIpc) is 3.18. The van der Waals surface area contributed by atoms with Crippen LogP contribution in [-0.2, 0) is 9.47 Å². The third kappa shape index (κ3) is 4.69. The fourth-order valence-electron chi connectivity index (χ4n) is 3.33. The molecule has 2 fully saturated rings. The average molecular weight is 285 g/mol. The van der Waals surface area contributed by atoms with Gasteiger partial charge in [-0.1, -0.05) is 13.3 Å². The first-order valence-corrected chi connectivity index (χ1v) is 8.35. The molecular formula is C16H31NO3. The van der Waals surface area contributed by atoms with Crippen LogP contribution < -0.4 is 5.32 Å². The lowest BCUT2D eigenvalue weighted by Crippen LogP contribution is -2.52. The topological polar surface area (TPSA) is 50.7 Å². The molecule has 2 N–H and O–H groups in total. The highest BCUT2D eigenvalue weighted by atomic mass is 16.5. The second-order valence-electron chi connectivity index (χ2n) is 6.34. The summed E-state index contributed by atoms with van der Waals surface area (Å²) in [6, 6.07) is 0.658. The van der Waals surface area contributed by atoms with Gasteiger partial charge in [-0.15, -0.1) is 0 Å². The van der Waals surface area contributed by atoms with Crippen LogP contribution in [0.15, 0.2) is 0 Å². The van der Waals surface area contributed by atoms with Crippen molar-refractivity contribution in [3.05, 3.63) is 0 Å². The number of ether oxygens (including phenoxy) is 2. The number of aliphatic hydroxyl groups excluding tert-OH is 1. The van der Waals surface area contributed by atoms with E-state index in [1.54, 1.807) is 0 Å². The summed E-state index contributed by atoms with van der Waals surface area (Å²) in [6.07, 6.45) is 8.23. The van der Waals surface area contributed by atoms with E-state index in [0.717, 1.165) is 32.5 Å². The van der Waals surface area contributed by atoms with Gasteiger partial charge in [-0.3, -0.25) is 0 Å². The molecule has 0 aliphatic heterocycles. The molecule has 2 unspecified atom stereocenters. The molecule has 0 bridgehead atoms. The summed E-state index contributed by atoms with van der Waals surface area (Å²) < 4.78 is 11.1. The molecule has 4 nitrogen and oxygen atoms in total. The minimum absolute atomic E-state index is 0.0246. The van der Waals surface area contributed by atoms with Crippen LogP contribution in [0.5, 0.6) is 0 Å². The van der Waals surface area contributed by atoms with Gasteiger partial charge >= 0.3 is 0 Å². The highest BCUT2D eigenvalue weighted by molar-refractivity contribution is 5.02. The van der Waals surface area contributed by atoms with Gasteiger partial charge in [0.25, 0.3) is 0 Å². The molecule has 0 aromatic heterocycles. The van der Waals surface area contributed by atoms with Crippen LogP contribution in [0.2, 0.25) is 0 Å². The Kier molecular flexibility index (Phi) is 6.75. The van der Waals surface area contributed by atoms with Crippen LogP contribution in [0.3, 0.4) is 0 Å². The Morgan fingerprint density at radius 3 is 2.50 bits per heavy atom. The van der Waals surface area contributed by atoms with E-state index in [-0.39, 0.29) is 12.1 Å². The predicted octanol–water partition coefficient (Wildman–Crippen LogP) is 2.10. The number of rotatable bonds is 11. The molecule has 0 aromatic rings. The molecule has 0 radical (unpaired) electrons.